The highest BCUT2D eigenvalue weighted by Gasteiger charge is 2.29. The Morgan fingerprint density at radius 3 is 2.79 bits per heavy atom. The minimum absolute atomic E-state index is 0.0296. The predicted molar refractivity (Wildman–Crippen MR) is 68.3 cm³/mol. The van der Waals surface area contributed by atoms with E-state index >= 15 is 0 Å². The Balaban J connectivity index is 1.93. The van der Waals surface area contributed by atoms with Gasteiger partial charge in [-0.05, 0) is 37.5 Å². The molecule has 104 valence electrons. The highest BCUT2D eigenvalue weighted by Crippen LogP contribution is 2.26. The molecule has 1 amide bonds. The van der Waals surface area contributed by atoms with Crippen molar-refractivity contribution < 1.29 is 19.0 Å². The Bertz CT molecular complexity index is 472. The second-order valence-corrected chi connectivity index (χ2v) is 4.89. The molecule has 0 spiro atoms. The van der Waals surface area contributed by atoms with Crippen molar-refractivity contribution in [1.82, 2.24) is 4.90 Å². The smallest absolute Gasteiger partial charge is 0.260 e. The number of hydrogen-bond acceptors (Lipinski definition) is 3. The first-order valence-corrected chi connectivity index (χ1v) is 6.35. The van der Waals surface area contributed by atoms with Gasteiger partial charge in [-0.15, -0.1) is 0 Å². The first-order valence-electron chi connectivity index (χ1n) is 6.35. The molecule has 4 nitrogen and oxygen atoms in total. The van der Waals surface area contributed by atoms with Gasteiger partial charge in [0.1, 0.15) is 0 Å². The van der Waals surface area contributed by atoms with E-state index < -0.39 is 11.9 Å². The van der Waals surface area contributed by atoms with Crippen molar-refractivity contribution in [3.8, 4) is 5.75 Å². The number of ether oxygens (including phenoxy) is 1. The maximum atomic E-state index is 13.7. The van der Waals surface area contributed by atoms with Crippen LogP contribution in [-0.4, -0.2) is 35.6 Å². The monoisotopic (exact) mass is 267 g/mol. The van der Waals surface area contributed by atoms with Crippen LogP contribution in [0.3, 0.4) is 0 Å². The summed E-state index contributed by atoms with van der Waals surface area (Å²) in [5, 5.41) is 9.33. The Labute approximate surface area is 111 Å². The molecule has 0 unspecified atom stereocenters. The number of likely N-dealkylation sites (N-methyl/N-ethyl adjacent to an activating group) is 1. The van der Waals surface area contributed by atoms with Crippen LogP contribution < -0.4 is 4.74 Å². The van der Waals surface area contributed by atoms with E-state index in [2.05, 4.69) is 0 Å². The molecule has 5 heteroatoms. The SMILES string of the molecule is C[C@H](O)c1ccc(OCC(=O)N(C)C2CC2)c(F)c1. The van der Waals surface area contributed by atoms with Crippen LogP contribution in [0.15, 0.2) is 18.2 Å². The van der Waals surface area contributed by atoms with Crippen LogP contribution in [-0.2, 0) is 4.79 Å². The molecule has 1 N–H and O–H groups in total. The number of rotatable bonds is 5. The lowest BCUT2D eigenvalue weighted by Crippen LogP contribution is -2.33. The summed E-state index contributed by atoms with van der Waals surface area (Å²) < 4.78 is 18.9. The summed E-state index contributed by atoms with van der Waals surface area (Å²) in [5.74, 6) is -0.691. The molecular formula is C14H18FNO3. The normalized spacial score (nSPS) is 16.0. The van der Waals surface area contributed by atoms with Gasteiger partial charge in [0, 0.05) is 13.1 Å². The molecule has 0 bridgehead atoms. The van der Waals surface area contributed by atoms with E-state index in [1.165, 1.54) is 12.1 Å². The van der Waals surface area contributed by atoms with Gasteiger partial charge in [-0.1, -0.05) is 6.07 Å². The predicted octanol–water partition coefficient (Wildman–Crippen LogP) is 1.88. The Hall–Kier alpha value is -1.62. The summed E-state index contributed by atoms with van der Waals surface area (Å²) in [6, 6.07) is 4.55. The first-order chi connectivity index (χ1) is 8.99. The molecule has 0 saturated heterocycles. The van der Waals surface area contributed by atoms with Gasteiger partial charge in [0.05, 0.1) is 6.10 Å². The van der Waals surface area contributed by atoms with Crippen LogP contribution in [0, 0.1) is 5.82 Å². The number of carbonyl (C=O) groups excluding carboxylic acids is 1. The van der Waals surface area contributed by atoms with Gasteiger partial charge < -0.3 is 14.7 Å². The Kier molecular flexibility index (Phi) is 4.04. The van der Waals surface area contributed by atoms with E-state index in [1.807, 2.05) is 0 Å². The fourth-order valence-corrected chi connectivity index (χ4v) is 1.80. The number of amides is 1. The largest absolute Gasteiger partial charge is 0.481 e. The van der Waals surface area contributed by atoms with Crippen molar-refractivity contribution in [1.29, 1.82) is 0 Å². The van der Waals surface area contributed by atoms with Crippen molar-refractivity contribution in [2.24, 2.45) is 0 Å². The lowest BCUT2D eigenvalue weighted by molar-refractivity contribution is -0.132. The van der Waals surface area contributed by atoms with Crippen molar-refractivity contribution >= 4 is 5.91 Å². The zero-order valence-electron chi connectivity index (χ0n) is 11.1. The van der Waals surface area contributed by atoms with E-state index in [0.29, 0.717) is 11.6 Å². The number of nitrogens with zero attached hydrogens (tertiary/aromatic N) is 1. The molecule has 1 fully saturated rings. The summed E-state index contributed by atoms with van der Waals surface area (Å²) in [6.07, 6.45) is 1.32. The molecule has 0 radical (unpaired) electrons. The standard InChI is InChI=1S/C14H18FNO3/c1-9(17)10-3-6-13(12(15)7-10)19-8-14(18)16(2)11-4-5-11/h3,6-7,9,11,17H,4-5,8H2,1-2H3/t9-/m0/s1. The molecule has 1 aromatic carbocycles. The minimum atomic E-state index is -0.730. The maximum Gasteiger partial charge on any atom is 0.260 e. The molecule has 1 atom stereocenters. The number of aliphatic hydroxyl groups excluding tert-OH is 1. The second kappa shape index (κ2) is 5.57. The molecule has 1 aromatic rings. The molecule has 1 aliphatic carbocycles. The highest BCUT2D eigenvalue weighted by atomic mass is 19.1. The third kappa shape index (κ3) is 3.44. The number of carbonyl (C=O) groups is 1. The Morgan fingerprint density at radius 2 is 2.26 bits per heavy atom. The number of aliphatic hydroxyl groups is 1. The zero-order valence-corrected chi connectivity index (χ0v) is 11.1. The molecule has 19 heavy (non-hydrogen) atoms. The van der Waals surface area contributed by atoms with Crippen molar-refractivity contribution in [3.05, 3.63) is 29.6 Å². The highest BCUT2D eigenvalue weighted by molar-refractivity contribution is 5.78. The van der Waals surface area contributed by atoms with Crippen molar-refractivity contribution in [2.45, 2.75) is 31.9 Å². The van der Waals surface area contributed by atoms with Gasteiger partial charge in [-0.25, -0.2) is 4.39 Å². The van der Waals surface area contributed by atoms with Gasteiger partial charge in [-0.2, -0.15) is 0 Å². The van der Waals surface area contributed by atoms with E-state index in [0.717, 1.165) is 12.8 Å². The average molecular weight is 267 g/mol. The third-order valence-electron chi connectivity index (χ3n) is 3.28. The van der Waals surface area contributed by atoms with E-state index in [4.69, 9.17) is 4.74 Å². The van der Waals surface area contributed by atoms with Crippen molar-refractivity contribution in [3.63, 3.8) is 0 Å². The summed E-state index contributed by atoms with van der Waals surface area (Å²) in [4.78, 5) is 13.4. The quantitative estimate of drug-likeness (QED) is 0.886. The van der Waals surface area contributed by atoms with Gasteiger partial charge in [-0.3, -0.25) is 4.79 Å². The maximum absolute atomic E-state index is 13.7. The molecule has 0 heterocycles. The fraction of sp³-hybridized carbons (Fsp3) is 0.500. The minimum Gasteiger partial charge on any atom is -0.481 e. The van der Waals surface area contributed by atoms with E-state index in [9.17, 15) is 14.3 Å². The van der Waals surface area contributed by atoms with E-state index in [1.54, 1.807) is 24.9 Å². The molecule has 1 aliphatic rings. The van der Waals surface area contributed by atoms with Gasteiger partial charge >= 0.3 is 0 Å². The van der Waals surface area contributed by atoms with Gasteiger partial charge in [0.15, 0.2) is 18.2 Å². The lowest BCUT2D eigenvalue weighted by Gasteiger charge is -2.16. The van der Waals surface area contributed by atoms with Crippen LogP contribution in [0.5, 0.6) is 5.75 Å². The van der Waals surface area contributed by atoms with Gasteiger partial charge in [0.25, 0.3) is 5.91 Å². The lowest BCUT2D eigenvalue weighted by atomic mass is 10.1. The first kappa shape index (κ1) is 13.8. The zero-order chi connectivity index (χ0) is 14.0. The molecule has 2 rings (SSSR count). The van der Waals surface area contributed by atoms with Crippen LogP contribution in [0.25, 0.3) is 0 Å². The summed E-state index contributed by atoms with van der Waals surface area (Å²) in [5.41, 5.74) is 0.478. The Morgan fingerprint density at radius 1 is 1.58 bits per heavy atom. The summed E-state index contributed by atoms with van der Waals surface area (Å²) in [7, 11) is 1.73. The van der Waals surface area contributed by atoms with Crippen molar-refractivity contribution in [2.75, 3.05) is 13.7 Å². The van der Waals surface area contributed by atoms with Crippen LogP contribution in [0.4, 0.5) is 4.39 Å². The average Bonchev–Trinajstić information content (AvgIpc) is 3.20. The molecule has 0 aromatic heterocycles. The van der Waals surface area contributed by atoms with Crippen LogP contribution in [0.1, 0.15) is 31.4 Å². The topological polar surface area (TPSA) is 49.8 Å². The number of halogens is 1. The number of hydrogen-bond donors (Lipinski definition) is 1. The number of benzene rings is 1. The summed E-state index contributed by atoms with van der Waals surface area (Å²) >= 11 is 0. The molecule has 1 saturated carbocycles. The molecular weight excluding hydrogens is 249 g/mol. The summed E-state index contributed by atoms with van der Waals surface area (Å²) in [6.45, 7) is 1.39. The second-order valence-electron chi connectivity index (χ2n) is 4.89. The fourth-order valence-electron chi connectivity index (χ4n) is 1.80. The van der Waals surface area contributed by atoms with E-state index in [-0.39, 0.29) is 18.3 Å². The molecule has 0 aliphatic heterocycles. The van der Waals surface area contributed by atoms with Gasteiger partial charge in [0.2, 0.25) is 0 Å². The van der Waals surface area contributed by atoms with Crippen LogP contribution in [0.2, 0.25) is 0 Å². The third-order valence-corrected chi connectivity index (χ3v) is 3.28. The van der Waals surface area contributed by atoms with Crippen LogP contribution >= 0.6 is 0 Å².